The van der Waals surface area contributed by atoms with E-state index in [0.29, 0.717) is 19.1 Å². The minimum absolute atomic E-state index is 0.306. The fraction of sp³-hybridized carbons (Fsp3) is 1.00. The summed E-state index contributed by atoms with van der Waals surface area (Å²) in [6, 6.07) is 0.306. The molecule has 0 rings (SSSR count). The van der Waals surface area contributed by atoms with Crippen molar-refractivity contribution in [3.8, 4) is 0 Å². The maximum absolute atomic E-state index is 12.0. The van der Waals surface area contributed by atoms with Crippen molar-refractivity contribution >= 4 is 10.0 Å². The van der Waals surface area contributed by atoms with Gasteiger partial charge in [0.25, 0.3) is 0 Å². The van der Waals surface area contributed by atoms with Crippen molar-refractivity contribution in [1.82, 2.24) is 14.9 Å². The lowest BCUT2D eigenvalue weighted by Gasteiger charge is -2.19. The van der Waals surface area contributed by atoms with Gasteiger partial charge in [-0.25, -0.2) is 13.1 Å². The van der Waals surface area contributed by atoms with E-state index in [-0.39, 0.29) is 0 Å². The van der Waals surface area contributed by atoms with E-state index in [4.69, 9.17) is 0 Å². The van der Waals surface area contributed by atoms with E-state index in [1.807, 2.05) is 13.8 Å². The Labute approximate surface area is 119 Å². The number of nitrogens with zero attached hydrogens (tertiary/aromatic N) is 1. The second kappa shape index (κ2) is 9.69. The molecule has 5 nitrogen and oxygen atoms in total. The lowest BCUT2D eigenvalue weighted by Crippen LogP contribution is -2.41. The lowest BCUT2D eigenvalue weighted by atomic mass is 10.3. The van der Waals surface area contributed by atoms with E-state index in [1.165, 1.54) is 0 Å². The van der Waals surface area contributed by atoms with Crippen molar-refractivity contribution < 1.29 is 8.42 Å². The zero-order chi connectivity index (χ0) is 14.9. The first-order chi connectivity index (χ1) is 8.83. The number of nitrogens with one attached hydrogen (secondary N) is 2. The van der Waals surface area contributed by atoms with Crippen molar-refractivity contribution in [1.29, 1.82) is 0 Å². The molecule has 0 aliphatic heterocycles. The van der Waals surface area contributed by atoms with E-state index in [0.717, 1.165) is 26.1 Å². The smallest absolute Gasteiger partial charge is 0.215 e. The van der Waals surface area contributed by atoms with Crippen molar-refractivity contribution in [3.05, 3.63) is 0 Å². The summed E-state index contributed by atoms with van der Waals surface area (Å²) in [5.41, 5.74) is 0. The lowest BCUT2D eigenvalue weighted by molar-refractivity contribution is 0.300. The van der Waals surface area contributed by atoms with Crippen molar-refractivity contribution in [3.63, 3.8) is 0 Å². The van der Waals surface area contributed by atoms with Gasteiger partial charge in [0.05, 0.1) is 5.25 Å². The predicted molar refractivity (Wildman–Crippen MR) is 81.9 cm³/mol. The van der Waals surface area contributed by atoms with Crippen LogP contribution in [0.3, 0.4) is 0 Å². The third-order valence-corrected chi connectivity index (χ3v) is 5.02. The molecule has 0 aliphatic rings. The van der Waals surface area contributed by atoms with Gasteiger partial charge in [0.15, 0.2) is 0 Å². The molecule has 2 N–H and O–H groups in total. The maximum Gasteiger partial charge on any atom is 0.215 e. The molecule has 0 saturated carbocycles. The highest BCUT2D eigenvalue weighted by molar-refractivity contribution is 7.90. The average molecular weight is 293 g/mol. The average Bonchev–Trinajstić information content (AvgIpc) is 2.36. The second-order valence-corrected chi connectivity index (χ2v) is 7.38. The number of hydrogen-bond acceptors (Lipinski definition) is 4. The van der Waals surface area contributed by atoms with Crippen molar-refractivity contribution in [2.24, 2.45) is 0 Å². The normalized spacial score (nSPS) is 14.3. The van der Waals surface area contributed by atoms with Crippen LogP contribution >= 0.6 is 0 Å². The summed E-state index contributed by atoms with van der Waals surface area (Å²) in [7, 11) is -3.20. The number of hydrogen-bond donors (Lipinski definition) is 2. The van der Waals surface area contributed by atoms with Gasteiger partial charge in [-0.2, -0.15) is 0 Å². The van der Waals surface area contributed by atoms with Crippen molar-refractivity contribution in [2.75, 3.05) is 32.7 Å². The molecule has 116 valence electrons. The van der Waals surface area contributed by atoms with E-state index in [1.54, 1.807) is 6.92 Å². The van der Waals surface area contributed by atoms with E-state index in [9.17, 15) is 8.42 Å². The molecule has 0 aliphatic carbocycles. The second-order valence-electron chi connectivity index (χ2n) is 5.19. The molecule has 6 heteroatoms. The summed E-state index contributed by atoms with van der Waals surface area (Å²) in [4.78, 5) is 2.29. The molecule has 0 aromatic carbocycles. The maximum atomic E-state index is 12.0. The SMILES string of the molecule is CCN(CC)CCCNS(=O)(=O)C(C)CNC(C)C. The molecule has 1 unspecified atom stereocenters. The topological polar surface area (TPSA) is 61.4 Å². The highest BCUT2D eigenvalue weighted by Crippen LogP contribution is 1.98. The highest BCUT2D eigenvalue weighted by atomic mass is 32.2. The van der Waals surface area contributed by atoms with Gasteiger partial charge in [-0.3, -0.25) is 0 Å². The van der Waals surface area contributed by atoms with E-state index in [2.05, 4.69) is 28.8 Å². The monoisotopic (exact) mass is 293 g/mol. The van der Waals surface area contributed by atoms with Gasteiger partial charge in [0.2, 0.25) is 10.0 Å². The quantitative estimate of drug-likeness (QED) is 0.559. The molecule has 19 heavy (non-hydrogen) atoms. The molecular weight excluding hydrogens is 262 g/mol. The molecule has 0 bridgehead atoms. The zero-order valence-electron chi connectivity index (χ0n) is 13.1. The van der Waals surface area contributed by atoms with Gasteiger partial charge in [-0.1, -0.05) is 27.7 Å². The standard InChI is InChI=1S/C13H31N3O2S/c1-6-16(7-2)10-8-9-15-19(17,18)13(5)11-14-12(3)4/h12-15H,6-11H2,1-5H3. The van der Waals surface area contributed by atoms with Gasteiger partial charge in [-0.05, 0) is 33.0 Å². The van der Waals surface area contributed by atoms with E-state index >= 15 is 0 Å². The number of rotatable bonds is 11. The number of sulfonamides is 1. The van der Waals surface area contributed by atoms with Crippen LogP contribution in [0, 0.1) is 0 Å². The van der Waals surface area contributed by atoms with Crippen LogP contribution in [0.25, 0.3) is 0 Å². The Morgan fingerprint density at radius 3 is 2.16 bits per heavy atom. The Kier molecular flexibility index (Phi) is 9.60. The third kappa shape index (κ3) is 8.57. The Balaban J connectivity index is 3.96. The summed E-state index contributed by atoms with van der Waals surface area (Å²) >= 11 is 0. The van der Waals surface area contributed by atoms with Crippen LogP contribution in [0.4, 0.5) is 0 Å². The molecule has 0 amide bonds. The fourth-order valence-electron chi connectivity index (χ4n) is 1.71. The molecule has 0 aromatic rings. The molecular formula is C13H31N3O2S. The Hall–Kier alpha value is -0.170. The minimum atomic E-state index is -3.20. The summed E-state index contributed by atoms with van der Waals surface area (Å²) in [6.45, 7) is 14.0. The van der Waals surface area contributed by atoms with E-state index < -0.39 is 15.3 Å². The van der Waals surface area contributed by atoms with Crippen LogP contribution < -0.4 is 10.0 Å². The predicted octanol–water partition coefficient (Wildman–Crippen LogP) is 1.02. The zero-order valence-corrected chi connectivity index (χ0v) is 13.9. The Bertz CT molecular complexity index is 314. The molecule has 0 spiro atoms. The van der Waals surface area contributed by atoms with Gasteiger partial charge < -0.3 is 10.2 Å². The van der Waals surface area contributed by atoms with Gasteiger partial charge in [0.1, 0.15) is 0 Å². The third-order valence-electron chi connectivity index (χ3n) is 3.19. The van der Waals surface area contributed by atoms with Gasteiger partial charge >= 0.3 is 0 Å². The highest BCUT2D eigenvalue weighted by Gasteiger charge is 2.19. The van der Waals surface area contributed by atoms with Crippen LogP contribution in [-0.4, -0.2) is 57.3 Å². The van der Waals surface area contributed by atoms with Gasteiger partial charge in [-0.15, -0.1) is 0 Å². The molecule has 0 fully saturated rings. The molecule has 0 saturated heterocycles. The largest absolute Gasteiger partial charge is 0.313 e. The summed E-state index contributed by atoms with van der Waals surface area (Å²) in [5, 5.41) is 2.75. The molecule has 0 heterocycles. The molecule has 0 aromatic heterocycles. The Morgan fingerprint density at radius 1 is 1.11 bits per heavy atom. The van der Waals surface area contributed by atoms with Crippen LogP contribution in [0.2, 0.25) is 0 Å². The first-order valence-electron chi connectivity index (χ1n) is 7.27. The first kappa shape index (κ1) is 18.8. The minimum Gasteiger partial charge on any atom is -0.313 e. The Morgan fingerprint density at radius 2 is 1.68 bits per heavy atom. The van der Waals surface area contributed by atoms with Gasteiger partial charge in [0, 0.05) is 19.1 Å². The molecule has 0 radical (unpaired) electrons. The van der Waals surface area contributed by atoms with Crippen LogP contribution in [0.15, 0.2) is 0 Å². The van der Waals surface area contributed by atoms with Crippen molar-refractivity contribution in [2.45, 2.75) is 52.3 Å². The summed E-state index contributed by atoms with van der Waals surface area (Å²) < 4.78 is 26.6. The fourth-order valence-corrected chi connectivity index (χ4v) is 2.74. The van der Waals surface area contributed by atoms with Crippen LogP contribution in [0.5, 0.6) is 0 Å². The van der Waals surface area contributed by atoms with Crippen LogP contribution in [-0.2, 0) is 10.0 Å². The first-order valence-corrected chi connectivity index (χ1v) is 8.82. The summed E-state index contributed by atoms with van der Waals surface area (Å²) in [5.74, 6) is 0. The summed E-state index contributed by atoms with van der Waals surface area (Å²) in [6.07, 6.45) is 0.852. The van der Waals surface area contributed by atoms with Crippen LogP contribution in [0.1, 0.15) is 41.0 Å². The molecule has 1 atom stereocenters.